The first kappa shape index (κ1) is 22.8. The number of nitrogens with zero attached hydrogens (tertiary/aromatic N) is 2. The van der Waals surface area contributed by atoms with Gasteiger partial charge in [-0.15, -0.1) is 11.3 Å². The number of esters is 1. The van der Waals surface area contributed by atoms with Gasteiger partial charge >= 0.3 is 5.97 Å². The van der Waals surface area contributed by atoms with Crippen LogP contribution in [0.25, 0.3) is 10.2 Å². The van der Waals surface area contributed by atoms with Crippen LogP contribution in [0.1, 0.15) is 24.8 Å². The van der Waals surface area contributed by atoms with Crippen LogP contribution in [0.3, 0.4) is 0 Å². The van der Waals surface area contributed by atoms with Crippen molar-refractivity contribution < 1.29 is 17.9 Å². The molecule has 0 radical (unpaired) electrons. The standard InChI is InChI=1S/C20H20Cl2N2O4S2/c1-3-4-7-28-20(25)12-24(16-5-6-19-18(11-16)23-13(2)29-19)30(26,27)17-9-14(21)8-15(22)10-17/h5-6,8-11H,3-4,7,12H2,1-2H3. The zero-order chi connectivity index (χ0) is 21.9. The molecule has 0 unspecified atom stereocenters. The number of unbranched alkanes of at least 4 members (excludes halogenated alkanes) is 1. The number of sulfonamides is 1. The van der Waals surface area contributed by atoms with Gasteiger partial charge in [0.2, 0.25) is 0 Å². The first-order chi connectivity index (χ1) is 14.2. The Balaban J connectivity index is 2.04. The Bertz CT molecular complexity index is 1160. The van der Waals surface area contributed by atoms with Crippen LogP contribution >= 0.6 is 34.5 Å². The number of carbonyl (C=O) groups is 1. The molecule has 0 N–H and O–H groups in total. The highest BCUT2D eigenvalue weighted by molar-refractivity contribution is 7.92. The van der Waals surface area contributed by atoms with E-state index in [4.69, 9.17) is 27.9 Å². The van der Waals surface area contributed by atoms with Crippen molar-refractivity contribution in [2.24, 2.45) is 0 Å². The van der Waals surface area contributed by atoms with E-state index in [1.165, 1.54) is 29.5 Å². The van der Waals surface area contributed by atoms with Gasteiger partial charge in [0.1, 0.15) is 6.54 Å². The zero-order valence-electron chi connectivity index (χ0n) is 16.4. The molecule has 0 aliphatic rings. The second-order valence-corrected chi connectivity index (χ2v) is 10.5. The summed E-state index contributed by atoms with van der Waals surface area (Å²) in [6.45, 7) is 3.60. The third-order valence-electron chi connectivity index (χ3n) is 4.22. The Hall–Kier alpha value is -1.87. The van der Waals surface area contributed by atoms with Crippen LogP contribution in [-0.4, -0.2) is 32.5 Å². The molecule has 0 amide bonds. The fraction of sp³-hybridized carbons (Fsp3) is 0.300. The second kappa shape index (κ2) is 9.51. The summed E-state index contributed by atoms with van der Waals surface area (Å²) < 4.78 is 34.0. The lowest BCUT2D eigenvalue weighted by Gasteiger charge is -2.24. The number of aromatic nitrogens is 1. The Labute approximate surface area is 189 Å². The van der Waals surface area contributed by atoms with Crippen LogP contribution in [0.5, 0.6) is 0 Å². The Kier molecular flexibility index (Phi) is 7.23. The molecule has 3 rings (SSSR count). The van der Waals surface area contributed by atoms with Crippen molar-refractivity contribution in [1.29, 1.82) is 0 Å². The van der Waals surface area contributed by atoms with E-state index < -0.39 is 22.5 Å². The van der Waals surface area contributed by atoms with E-state index >= 15 is 0 Å². The lowest BCUT2D eigenvalue weighted by molar-refractivity contribution is -0.141. The quantitative estimate of drug-likeness (QED) is 0.312. The molecule has 0 atom stereocenters. The van der Waals surface area contributed by atoms with Crippen molar-refractivity contribution in [3.05, 3.63) is 51.5 Å². The van der Waals surface area contributed by atoms with Crippen LogP contribution in [0.15, 0.2) is 41.3 Å². The molecule has 0 bridgehead atoms. The minimum absolute atomic E-state index is 0.115. The van der Waals surface area contributed by atoms with Gasteiger partial charge in [0.15, 0.2) is 0 Å². The number of hydrogen-bond acceptors (Lipinski definition) is 6. The molecule has 0 aliphatic heterocycles. The average molecular weight is 487 g/mol. The summed E-state index contributed by atoms with van der Waals surface area (Å²) in [6, 6.07) is 9.10. The van der Waals surface area contributed by atoms with Crippen molar-refractivity contribution >= 4 is 66.4 Å². The zero-order valence-corrected chi connectivity index (χ0v) is 19.5. The fourth-order valence-corrected chi connectivity index (χ4v) is 5.73. The number of fused-ring (bicyclic) bond motifs is 1. The Morgan fingerprint density at radius 2 is 1.87 bits per heavy atom. The molecule has 6 nitrogen and oxygen atoms in total. The number of thiazole rings is 1. The first-order valence-electron chi connectivity index (χ1n) is 9.22. The monoisotopic (exact) mass is 486 g/mol. The lowest BCUT2D eigenvalue weighted by atomic mass is 10.3. The fourth-order valence-electron chi connectivity index (χ4n) is 2.80. The molecule has 0 aliphatic carbocycles. The summed E-state index contributed by atoms with van der Waals surface area (Å²) in [5, 5.41) is 1.21. The summed E-state index contributed by atoms with van der Waals surface area (Å²) in [5.41, 5.74) is 0.954. The van der Waals surface area contributed by atoms with E-state index in [-0.39, 0.29) is 21.5 Å². The van der Waals surface area contributed by atoms with Gasteiger partial charge in [-0.05, 0) is 49.7 Å². The van der Waals surface area contributed by atoms with Crippen LogP contribution in [0.4, 0.5) is 5.69 Å². The van der Waals surface area contributed by atoms with Crippen molar-refractivity contribution in [2.75, 3.05) is 17.5 Å². The minimum atomic E-state index is -4.15. The van der Waals surface area contributed by atoms with Gasteiger partial charge in [0.05, 0.1) is 32.4 Å². The molecule has 1 heterocycles. The van der Waals surface area contributed by atoms with Crippen molar-refractivity contribution in [2.45, 2.75) is 31.6 Å². The summed E-state index contributed by atoms with van der Waals surface area (Å²) in [7, 11) is -4.15. The largest absolute Gasteiger partial charge is 0.464 e. The van der Waals surface area contributed by atoms with Gasteiger partial charge in [-0.3, -0.25) is 9.10 Å². The maximum Gasteiger partial charge on any atom is 0.326 e. The number of hydrogen-bond donors (Lipinski definition) is 0. The van der Waals surface area contributed by atoms with Crippen LogP contribution in [0, 0.1) is 6.92 Å². The highest BCUT2D eigenvalue weighted by Crippen LogP contribution is 2.31. The van der Waals surface area contributed by atoms with Crippen molar-refractivity contribution in [1.82, 2.24) is 4.98 Å². The number of benzene rings is 2. The van der Waals surface area contributed by atoms with Crippen LogP contribution in [-0.2, 0) is 19.6 Å². The number of rotatable bonds is 8. The van der Waals surface area contributed by atoms with Crippen molar-refractivity contribution in [3.63, 3.8) is 0 Å². The topological polar surface area (TPSA) is 76.6 Å². The summed E-state index contributed by atoms with van der Waals surface area (Å²) >= 11 is 13.5. The summed E-state index contributed by atoms with van der Waals surface area (Å²) in [5.74, 6) is -0.644. The molecule has 10 heteroatoms. The molecule has 30 heavy (non-hydrogen) atoms. The molecule has 160 valence electrons. The van der Waals surface area contributed by atoms with Crippen LogP contribution in [0.2, 0.25) is 10.0 Å². The number of halogens is 2. The molecule has 0 saturated heterocycles. The van der Waals surface area contributed by atoms with E-state index in [1.54, 1.807) is 18.2 Å². The maximum atomic E-state index is 13.4. The normalized spacial score (nSPS) is 11.6. The third kappa shape index (κ3) is 5.24. The summed E-state index contributed by atoms with van der Waals surface area (Å²) in [6.07, 6.45) is 1.56. The highest BCUT2D eigenvalue weighted by atomic mass is 35.5. The van der Waals surface area contributed by atoms with Gasteiger partial charge in [-0.25, -0.2) is 13.4 Å². The van der Waals surface area contributed by atoms with Crippen molar-refractivity contribution in [3.8, 4) is 0 Å². The molecule has 0 fully saturated rings. The smallest absolute Gasteiger partial charge is 0.326 e. The SMILES string of the molecule is CCCCOC(=O)CN(c1ccc2sc(C)nc2c1)S(=O)(=O)c1cc(Cl)cc(Cl)c1. The predicted molar refractivity (Wildman–Crippen MR) is 121 cm³/mol. The Morgan fingerprint density at radius 1 is 1.17 bits per heavy atom. The summed E-state index contributed by atoms with van der Waals surface area (Å²) in [4.78, 5) is 16.7. The predicted octanol–water partition coefficient (Wildman–Crippen LogP) is 5.45. The molecule has 3 aromatic rings. The molecule has 0 saturated carbocycles. The number of aryl methyl sites for hydroxylation is 1. The molecular formula is C20H20Cl2N2O4S2. The van der Waals surface area contributed by atoms with E-state index in [9.17, 15) is 13.2 Å². The van der Waals surface area contributed by atoms with Gasteiger partial charge in [-0.1, -0.05) is 36.5 Å². The third-order valence-corrected chi connectivity index (χ3v) is 7.36. The first-order valence-corrected chi connectivity index (χ1v) is 12.2. The van der Waals surface area contributed by atoms with Crippen LogP contribution < -0.4 is 4.31 Å². The van der Waals surface area contributed by atoms with E-state index in [2.05, 4.69) is 4.98 Å². The molecular weight excluding hydrogens is 467 g/mol. The molecule has 0 spiro atoms. The van der Waals surface area contributed by atoms with Gasteiger partial charge < -0.3 is 4.74 Å². The molecule has 2 aromatic carbocycles. The molecule has 1 aromatic heterocycles. The van der Waals surface area contributed by atoms with Gasteiger partial charge in [0.25, 0.3) is 10.0 Å². The second-order valence-electron chi connectivity index (χ2n) is 6.58. The number of carbonyl (C=O) groups excluding carboxylic acids is 1. The highest BCUT2D eigenvalue weighted by Gasteiger charge is 2.29. The maximum absolute atomic E-state index is 13.4. The Morgan fingerprint density at radius 3 is 2.53 bits per heavy atom. The van der Waals surface area contributed by atoms with E-state index in [0.717, 1.165) is 20.4 Å². The lowest BCUT2D eigenvalue weighted by Crippen LogP contribution is -2.36. The minimum Gasteiger partial charge on any atom is -0.464 e. The van der Waals surface area contributed by atoms with Gasteiger partial charge in [0, 0.05) is 10.0 Å². The van der Waals surface area contributed by atoms with E-state index in [0.29, 0.717) is 17.6 Å². The average Bonchev–Trinajstić information content (AvgIpc) is 3.04. The van der Waals surface area contributed by atoms with E-state index in [1.807, 2.05) is 13.8 Å². The van der Waals surface area contributed by atoms with Gasteiger partial charge in [-0.2, -0.15) is 0 Å². The number of ether oxygens (including phenoxy) is 1. The number of anilines is 1.